The Kier molecular flexibility index (Phi) is 17.2. The monoisotopic (exact) mass is 958 g/mol. The van der Waals surface area contributed by atoms with Crippen LogP contribution in [0.4, 0.5) is 0 Å². The highest BCUT2D eigenvalue weighted by Gasteiger charge is 2.44. The zero-order valence-electron chi connectivity index (χ0n) is 39.5. The first-order valence-corrected chi connectivity index (χ1v) is 24.9. The smallest absolute Gasteiger partial charge is 0.246 e. The lowest BCUT2D eigenvalue weighted by Gasteiger charge is -2.36. The van der Waals surface area contributed by atoms with Crippen LogP contribution in [-0.4, -0.2) is 118 Å². The number of piperazine rings is 1. The Morgan fingerprint density at radius 2 is 1.49 bits per heavy atom. The lowest BCUT2D eigenvalue weighted by molar-refractivity contribution is -0.144. The number of nitrogens with zero attached hydrogens (tertiary/aromatic N) is 4. The van der Waals surface area contributed by atoms with Crippen molar-refractivity contribution in [2.75, 3.05) is 51.8 Å². The topological polar surface area (TPSA) is 144 Å². The molecule has 2 aliphatic rings. The molecule has 0 radical (unpaired) electrons. The standard InChI is InChI=1S/C54H63ClN6O6S/c1-37-50(68-36-57-37)42-17-15-38(16-18-42)34-56-52(65)46-33-43(62)35-61(46)53(66)51(54(2,3)4)58-47(63)23-24-48(64)60-29-27-59(28-30-60)31-32-67-44-21-19-41(20-22-44)49(40-13-9-6-10-14-40)45(25-26-55)39-11-7-5-8-12-39/h5-22,36,43,46,51,62H,23-35H2,1-4H3,(H,56,65)(H,58,63)/b49-45-/t43-,46+,51-/m1/s1. The lowest BCUT2D eigenvalue weighted by Crippen LogP contribution is -2.57. The van der Waals surface area contributed by atoms with Gasteiger partial charge in [-0.1, -0.05) is 118 Å². The summed E-state index contributed by atoms with van der Waals surface area (Å²) >= 11 is 7.91. The van der Waals surface area contributed by atoms with Crippen LogP contribution >= 0.6 is 22.9 Å². The van der Waals surface area contributed by atoms with E-state index in [-0.39, 0.29) is 44.2 Å². The normalized spacial score (nSPS) is 17.3. The van der Waals surface area contributed by atoms with E-state index in [0.29, 0.717) is 45.2 Å². The SMILES string of the molecule is Cc1ncsc1-c1ccc(CNC(=O)[C@@H]2C[C@@H](O)CN2C(=O)[C@@H](NC(=O)CCC(=O)N2CCN(CCOc3ccc(/C(=C(/CCCl)c4ccccc4)c4ccccc4)cc3)CC2)C(C)(C)C)cc1. The number of β-amino-alcohol motifs (C(OH)–C–C–N with tert-alkyl or cyclic N) is 1. The van der Waals surface area contributed by atoms with Crippen LogP contribution in [0.3, 0.4) is 0 Å². The number of likely N-dealkylation sites (tertiary alicyclic amines) is 1. The third-order valence-electron chi connectivity index (χ3n) is 12.7. The molecule has 5 aromatic rings. The van der Waals surface area contributed by atoms with E-state index in [1.807, 2.05) is 81.7 Å². The second-order valence-corrected chi connectivity index (χ2v) is 19.8. The van der Waals surface area contributed by atoms with E-state index in [9.17, 15) is 24.3 Å². The number of aryl methyl sites for hydroxylation is 1. The molecule has 2 saturated heterocycles. The number of benzene rings is 4. The van der Waals surface area contributed by atoms with Crippen molar-refractivity contribution < 1.29 is 29.0 Å². The number of hydrogen-bond acceptors (Lipinski definition) is 9. The average Bonchev–Trinajstić information content (AvgIpc) is 3.97. The number of aliphatic hydroxyl groups excluding tert-OH is 1. The number of ether oxygens (including phenoxy) is 1. The first-order chi connectivity index (χ1) is 32.8. The molecular formula is C54H63ClN6O6S. The van der Waals surface area contributed by atoms with E-state index in [0.717, 1.165) is 56.1 Å². The Morgan fingerprint density at radius 1 is 0.838 bits per heavy atom. The lowest BCUT2D eigenvalue weighted by atomic mass is 9.85. The Bertz CT molecular complexity index is 2500. The molecule has 0 aliphatic carbocycles. The molecule has 68 heavy (non-hydrogen) atoms. The second-order valence-electron chi connectivity index (χ2n) is 18.6. The van der Waals surface area contributed by atoms with Gasteiger partial charge in [0.15, 0.2) is 0 Å². The van der Waals surface area contributed by atoms with Crippen molar-refractivity contribution in [1.29, 1.82) is 0 Å². The van der Waals surface area contributed by atoms with E-state index in [1.165, 1.54) is 10.5 Å². The number of rotatable bonds is 18. The number of thiazole rings is 1. The fourth-order valence-electron chi connectivity index (χ4n) is 8.89. The number of hydrogen-bond donors (Lipinski definition) is 3. The Morgan fingerprint density at radius 3 is 2.10 bits per heavy atom. The molecule has 358 valence electrons. The van der Waals surface area contributed by atoms with Gasteiger partial charge in [-0.15, -0.1) is 22.9 Å². The fraction of sp³-hybridized carbons (Fsp3) is 0.389. The van der Waals surface area contributed by atoms with Gasteiger partial charge in [0, 0.05) is 71.0 Å². The zero-order chi connectivity index (χ0) is 48.2. The number of allylic oxidation sites excluding steroid dienone is 1. The van der Waals surface area contributed by atoms with E-state index in [2.05, 4.69) is 81.2 Å². The number of amides is 4. The van der Waals surface area contributed by atoms with E-state index in [1.54, 1.807) is 16.2 Å². The van der Waals surface area contributed by atoms with Gasteiger partial charge >= 0.3 is 0 Å². The summed E-state index contributed by atoms with van der Waals surface area (Å²) in [6.07, 6.45) is -0.132. The van der Waals surface area contributed by atoms with Crippen molar-refractivity contribution >= 4 is 57.7 Å². The van der Waals surface area contributed by atoms with Crippen molar-refractivity contribution in [3.63, 3.8) is 0 Å². The van der Waals surface area contributed by atoms with Gasteiger partial charge in [-0.3, -0.25) is 24.1 Å². The van der Waals surface area contributed by atoms with Crippen molar-refractivity contribution in [2.24, 2.45) is 5.41 Å². The van der Waals surface area contributed by atoms with Crippen LogP contribution in [0.15, 0.2) is 115 Å². The number of aliphatic hydroxyl groups is 1. The summed E-state index contributed by atoms with van der Waals surface area (Å²) in [5.41, 5.74) is 9.70. The molecular weight excluding hydrogens is 896 g/mol. The highest BCUT2D eigenvalue weighted by molar-refractivity contribution is 7.13. The third kappa shape index (κ3) is 13.0. The molecule has 0 unspecified atom stereocenters. The molecule has 7 rings (SSSR count). The van der Waals surface area contributed by atoms with Crippen LogP contribution in [0.1, 0.15) is 74.4 Å². The molecule has 14 heteroatoms. The Labute approximate surface area is 409 Å². The van der Waals surface area contributed by atoms with Gasteiger partial charge in [0.2, 0.25) is 23.6 Å². The van der Waals surface area contributed by atoms with Crippen LogP contribution in [0.25, 0.3) is 21.6 Å². The van der Waals surface area contributed by atoms with Gasteiger partial charge in [-0.2, -0.15) is 0 Å². The molecule has 3 N–H and O–H groups in total. The highest BCUT2D eigenvalue weighted by Crippen LogP contribution is 2.36. The van der Waals surface area contributed by atoms with Gasteiger partial charge in [0.05, 0.1) is 22.2 Å². The van der Waals surface area contributed by atoms with Gasteiger partial charge in [-0.25, -0.2) is 4.98 Å². The number of nitrogens with one attached hydrogen (secondary N) is 2. The predicted molar refractivity (Wildman–Crippen MR) is 270 cm³/mol. The van der Waals surface area contributed by atoms with Crippen molar-refractivity contribution in [1.82, 2.24) is 30.3 Å². The van der Waals surface area contributed by atoms with Gasteiger partial charge in [0.1, 0.15) is 24.4 Å². The minimum atomic E-state index is -0.977. The fourth-order valence-corrected chi connectivity index (χ4v) is 9.89. The molecule has 3 heterocycles. The quantitative estimate of drug-likeness (QED) is 0.0596. The number of aromatic nitrogens is 1. The van der Waals surface area contributed by atoms with E-state index >= 15 is 0 Å². The Balaban J connectivity index is 0.854. The summed E-state index contributed by atoms with van der Waals surface area (Å²) in [6, 6.07) is 35.0. The Hall–Kier alpha value is -5.86. The maximum absolute atomic E-state index is 14.1. The summed E-state index contributed by atoms with van der Waals surface area (Å²) in [5.74, 6) is -0.0710. The molecule has 4 aromatic carbocycles. The zero-order valence-corrected chi connectivity index (χ0v) is 41.0. The van der Waals surface area contributed by atoms with Crippen LogP contribution in [0, 0.1) is 12.3 Å². The average molecular weight is 960 g/mol. The molecule has 3 atom stereocenters. The highest BCUT2D eigenvalue weighted by atomic mass is 35.5. The van der Waals surface area contributed by atoms with E-state index < -0.39 is 35.4 Å². The second kappa shape index (κ2) is 23.4. The van der Waals surface area contributed by atoms with Crippen LogP contribution in [0.2, 0.25) is 0 Å². The number of carbonyl (C=O) groups excluding carboxylic acids is 4. The number of carbonyl (C=O) groups is 4. The summed E-state index contributed by atoms with van der Waals surface area (Å²) in [6.45, 7) is 11.4. The molecule has 0 bridgehead atoms. The summed E-state index contributed by atoms with van der Waals surface area (Å²) in [4.78, 5) is 65.1. The van der Waals surface area contributed by atoms with Gasteiger partial charge in [0.25, 0.3) is 0 Å². The summed E-state index contributed by atoms with van der Waals surface area (Å²) in [5, 5.41) is 16.4. The van der Waals surface area contributed by atoms with Crippen molar-refractivity contribution in [2.45, 2.75) is 78.1 Å². The number of alkyl halides is 1. The minimum Gasteiger partial charge on any atom is -0.492 e. The molecule has 1 aromatic heterocycles. The molecule has 4 amide bonds. The van der Waals surface area contributed by atoms with E-state index in [4.69, 9.17) is 16.3 Å². The third-order valence-corrected chi connectivity index (χ3v) is 13.8. The number of halogens is 1. The summed E-state index contributed by atoms with van der Waals surface area (Å²) < 4.78 is 6.19. The molecule has 2 aliphatic heterocycles. The first-order valence-electron chi connectivity index (χ1n) is 23.5. The minimum absolute atomic E-state index is 0.00808. The molecule has 0 saturated carbocycles. The van der Waals surface area contributed by atoms with Crippen LogP contribution in [-0.2, 0) is 25.7 Å². The maximum atomic E-state index is 14.1. The molecule has 0 spiro atoms. The first kappa shape index (κ1) is 50.0. The van der Waals surface area contributed by atoms with Gasteiger partial charge in [-0.05, 0) is 69.9 Å². The van der Waals surface area contributed by atoms with Crippen LogP contribution in [0.5, 0.6) is 5.75 Å². The molecule has 12 nitrogen and oxygen atoms in total. The molecule has 2 fully saturated rings. The largest absolute Gasteiger partial charge is 0.492 e. The van der Waals surface area contributed by atoms with Crippen LogP contribution < -0.4 is 15.4 Å². The van der Waals surface area contributed by atoms with Gasteiger partial charge < -0.3 is 30.3 Å². The summed E-state index contributed by atoms with van der Waals surface area (Å²) in [7, 11) is 0. The predicted octanol–water partition coefficient (Wildman–Crippen LogP) is 7.82. The van der Waals surface area contributed by atoms with Crippen molar-refractivity contribution in [3.05, 3.63) is 143 Å². The van der Waals surface area contributed by atoms with Crippen molar-refractivity contribution in [3.8, 4) is 16.2 Å². The maximum Gasteiger partial charge on any atom is 0.246 e.